The number of para-hydroxylation sites is 1. The van der Waals surface area contributed by atoms with Crippen LogP contribution in [-0.4, -0.2) is 28.5 Å². The third kappa shape index (κ3) is 5.01. The predicted octanol–water partition coefficient (Wildman–Crippen LogP) is 5.64. The number of hydrogen-bond donors (Lipinski definition) is 0. The highest BCUT2D eigenvalue weighted by Crippen LogP contribution is 2.23. The smallest absolute Gasteiger partial charge is 0.258 e. The van der Waals surface area contributed by atoms with Crippen molar-refractivity contribution in [2.75, 3.05) is 7.11 Å². The molecule has 0 aliphatic carbocycles. The minimum atomic E-state index is -0.0210. The van der Waals surface area contributed by atoms with Crippen LogP contribution in [0.4, 0.5) is 0 Å². The van der Waals surface area contributed by atoms with Crippen molar-refractivity contribution in [3.63, 3.8) is 0 Å². The Bertz CT molecular complexity index is 967. The summed E-state index contributed by atoms with van der Waals surface area (Å²) in [6.07, 6.45) is 2.91. The fraction of sp³-hybridized carbons (Fsp3) is 0.292. The van der Waals surface area contributed by atoms with E-state index in [2.05, 4.69) is 30.5 Å². The maximum Gasteiger partial charge on any atom is 0.258 e. The fourth-order valence-corrected chi connectivity index (χ4v) is 3.59. The van der Waals surface area contributed by atoms with Crippen LogP contribution in [0.2, 0.25) is 5.02 Å². The van der Waals surface area contributed by atoms with Crippen LogP contribution in [0.3, 0.4) is 0 Å². The number of methoxy groups -OCH3 is 1. The fourth-order valence-electron chi connectivity index (χ4n) is 3.38. The molecule has 1 heterocycles. The normalized spacial score (nSPS) is 11.9. The minimum Gasteiger partial charge on any atom is -0.496 e. The van der Waals surface area contributed by atoms with Gasteiger partial charge in [0.2, 0.25) is 0 Å². The largest absolute Gasteiger partial charge is 0.496 e. The molecule has 0 saturated heterocycles. The average Bonchev–Trinajstić information content (AvgIpc) is 3.17. The molecule has 3 aromatic rings. The zero-order valence-corrected chi connectivity index (χ0v) is 17.9. The summed E-state index contributed by atoms with van der Waals surface area (Å²) >= 11 is 6.13. The van der Waals surface area contributed by atoms with E-state index in [4.69, 9.17) is 16.3 Å². The van der Waals surface area contributed by atoms with Gasteiger partial charge in [-0.05, 0) is 55.3 Å². The van der Waals surface area contributed by atoms with E-state index in [1.165, 1.54) is 0 Å². The molecule has 0 spiro atoms. The van der Waals surface area contributed by atoms with E-state index in [1.807, 2.05) is 59.6 Å². The summed E-state index contributed by atoms with van der Waals surface area (Å²) in [6.45, 7) is 5.41. The lowest BCUT2D eigenvalue weighted by Gasteiger charge is -2.30. The number of rotatable bonds is 8. The molecule has 4 nitrogen and oxygen atoms in total. The Morgan fingerprint density at radius 2 is 1.93 bits per heavy atom. The summed E-state index contributed by atoms with van der Waals surface area (Å²) in [5, 5.41) is 0.726. The Kier molecular flexibility index (Phi) is 6.99. The first kappa shape index (κ1) is 21.0. The van der Waals surface area contributed by atoms with Gasteiger partial charge in [-0.1, -0.05) is 42.8 Å². The topological polar surface area (TPSA) is 34.5 Å². The van der Waals surface area contributed by atoms with Crippen molar-refractivity contribution in [2.45, 2.75) is 39.4 Å². The van der Waals surface area contributed by atoms with Crippen LogP contribution in [0.25, 0.3) is 0 Å². The highest BCUT2D eigenvalue weighted by Gasteiger charge is 2.24. The number of ether oxygens (including phenoxy) is 1. The van der Waals surface area contributed by atoms with Gasteiger partial charge in [0.1, 0.15) is 5.75 Å². The molecule has 1 aromatic heterocycles. The quantitative estimate of drug-likeness (QED) is 0.481. The van der Waals surface area contributed by atoms with E-state index in [9.17, 15) is 4.79 Å². The van der Waals surface area contributed by atoms with Crippen molar-refractivity contribution in [2.24, 2.45) is 0 Å². The maximum absolute atomic E-state index is 13.4. The van der Waals surface area contributed by atoms with Gasteiger partial charge in [-0.15, -0.1) is 0 Å². The van der Waals surface area contributed by atoms with Gasteiger partial charge >= 0.3 is 0 Å². The van der Waals surface area contributed by atoms with Crippen molar-refractivity contribution in [1.82, 2.24) is 9.47 Å². The average molecular weight is 411 g/mol. The Hall–Kier alpha value is -2.72. The van der Waals surface area contributed by atoms with E-state index < -0.39 is 0 Å². The molecule has 0 fully saturated rings. The van der Waals surface area contributed by atoms with E-state index in [0.717, 1.165) is 22.7 Å². The van der Waals surface area contributed by atoms with Crippen LogP contribution in [0.1, 0.15) is 41.9 Å². The SMILES string of the molecule is CC[C@@H](C)N(Cc1cccn1Cc1cccc(Cl)c1)C(=O)c1ccccc1OC. The summed E-state index contributed by atoms with van der Waals surface area (Å²) in [4.78, 5) is 15.3. The van der Waals surface area contributed by atoms with Crippen LogP contribution < -0.4 is 4.74 Å². The standard InChI is InChI=1S/C24H27ClN2O2/c1-4-18(2)27(24(28)22-12-5-6-13-23(22)29-3)17-21-11-8-14-26(21)16-19-9-7-10-20(25)15-19/h5-15,18H,4,16-17H2,1-3H3/t18-/m1/s1. The first-order valence-corrected chi connectivity index (χ1v) is 10.2. The van der Waals surface area contributed by atoms with Gasteiger partial charge in [0.05, 0.1) is 19.2 Å². The van der Waals surface area contributed by atoms with Crippen LogP contribution in [0, 0.1) is 0 Å². The molecule has 0 N–H and O–H groups in total. The first-order chi connectivity index (χ1) is 14.0. The highest BCUT2D eigenvalue weighted by molar-refractivity contribution is 6.30. The second-order valence-electron chi connectivity index (χ2n) is 7.15. The number of nitrogens with zero attached hydrogens (tertiary/aromatic N) is 2. The third-order valence-corrected chi connectivity index (χ3v) is 5.45. The molecule has 152 valence electrons. The van der Waals surface area contributed by atoms with Gasteiger partial charge in [-0.25, -0.2) is 0 Å². The first-order valence-electron chi connectivity index (χ1n) is 9.86. The molecule has 5 heteroatoms. The second-order valence-corrected chi connectivity index (χ2v) is 7.58. The third-order valence-electron chi connectivity index (χ3n) is 5.22. The molecule has 2 aromatic carbocycles. The summed E-state index contributed by atoms with van der Waals surface area (Å²) < 4.78 is 7.58. The van der Waals surface area contributed by atoms with Gasteiger partial charge in [-0.3, -0.25) is 4.79 Å². The number of carbonyl (C=O) groups is 1. The number of hydrogen-bond acceptors (Lipinski definition) is 2. The molecule has 0 aliphatic rings. The summed E-state index contributed by atoms with van der Waals surface area (Å²) in [7, 11) is 1.59. The lowest BCUT2D eigenvalue weighted by molar-refractivity contribution is 0.0663. The molecule has 3 rings (SSSR count). The molecule has 0 aliphatic heterocycles. The van der Waals surface area contributed by atoms with Crippen molar-refractivity contribution < 1.29 is 9.53 Å². The molecule has 0 unspecified atom stereocenters. The molecular weight excluding hydrogens is 384 g/mol. The highest BCUT2D eigenvalue weighted by atomic mass is 35.5. The Balaban J connectivity index is 1.87. The Labute approximate surface area is 177 Å². The number of halogens is 1. The van der Waals surface area contributed by atoms with Crippen LogP contribution >= 0.6 is 11.6 Å². The van der Waals surface area contributed by atoms with E-state index in [0.29, 0.717) is 24.4 Å². The van der Waals surface area contributed by atoms with Crippen molar-refractivity contribution in [3.8, 4) is 5.75 Å². The van der Waals surface area contributed by atoms with Gasteiger partial charge in [0.25, 0.3) is 5.91 Å². The lowest BCUT2D eigenvalue weighted by Crippen LogP contribution is -2.38. The van der Waals surface area contributed by atoms with E-state index in [-0.39, 0.29) is 11.9 Å². The van der Waals surface area contributed by atoms with Crippen LogP contribution in [0.5, 0.6) is 5.75 Å². The predicted molar refractivity (Wildman–Crippen MR) is 118 cm³/mol. The number of amides is 1. The summed E-state index contributed by atoms with van der Waals surface area (Å²) in [5.74, 6) is 0.576. The van der Waals surface area contributed by atoms with Gasteiger partial charge in [0, 0.05) is 29.5 Å². The van der Waals surface area contributed by atoms with Gasteiger partial charge < -0.3 is 14.2 Å². The number of aromatic nitrogens is 1. The maximum atomic E-state index is 13.4. The number of benzene rings is 2. The summed E-state index contributed by atoms with van der Waals surface area (Å²) in [5.41, 5.74) is 2.79. The van der Waals surface area contributed by atoms with E-state index >= 15 is 0 Å². The van der Waals surface area contributed by atoms with Gasteiger partial charge in [0.15, 0.2) is 0 Å². The van der Waals surface area contributed by atoms with Gasteiger partial charge in [-0.2, -0.15) is 0 Å². The Morgan fingerprint density at radius 1 is 1.14 bits per heavy atom. The zero-order valence-electron chi connectivity index (χ0n) is 17.1. The van der Waals surface area contributed by atoms with Crippen LogP contribution in [-0.2, 0) is 13.1 Å². The molecule has 0 radical (unpaired) electrons. The van der Waals surface area contributed by atoms with E-state index in [1.54, 1.807) is 7.11 Å². The molecular formula is C24H27ClN2O2. The van der Waals surface area contributed by atoms with Crippen LogP contribution in [0.15, 0.2) is 66.9 Å². The molecule has 0 saturated carbocycles. The molecule has 0 bridgehead atoms. The minimum absolute atomic E-state index is 0.0210. The zero-order chi connectivity index (χ0) is 20.8. The van der Waals surface area contributed by atoms with Crippen molar-refractivity contribution in [3.05, 3.63) is 88.7 Å². The number of carbonyl (C=O) groups excluding carboxylic acids is 1. The Morgan fingerprint density at radius 3 is 2.66 bits per heavy atom. The lowest BCUT2D eigenvalue weighted by atomic mass is 10.1. The molecule has 1 amide bonds. The van der Waals surface area contributed by atoms with Crippen molar-refractivity contribution in [1.29, 1.82) is 0 Å². The second kappa shape index (κ2) is 9.66. The van der Waals surface area contributed by atoms with Crippen molar-refractivity contribution >= 4 is 17.5 Å². The molecule has 29 heavy (non-hydrogen) atoms. The summed E-state index contributed by atoms with van der Waals surface area (Å²) in [6, 6.07) is 19.4. The molecule has 1 atom stereocenters. The monoisotopic (exact) mass is 410 g/mol.